The van der Waals surface area contributed by atoms with Crippen molar-refractivity contribution in [2.24, 2.45) is 5.92 Å². The normalized spacial score (nSPS) is 16.1. The highest BCUT2D eigenvalue weighted by molar-refractivity contribution is 5.80. The molecular weight excluding hydrogens is 212 g/mol. The molecule has 0 aromatic heterocycles. The van der Waals surface area contributed by atoms with Gasteiger partial charge in [0.2, 0.25) is 5.91 Å². The summed E-state index contributed by atoms with van der Waals surface area (Å²) in [5.74, 6) is 0.0865. The van der Waals surface area contributed by atoms with Gasteiger partial charge in [-0.25, -0.2) is 0 Å². The van der Waals surface area contributed by atoms with Crippen molar-refractivity contribution in [2.75, 3.05) is 7.05 Å². The monoisotopic (exact) mass is 228 g/mol. The van der Waals surface area contributed by atoms with Crippen LogP contribution in [-0.4, -0.2) is 23.9 Å². The number of amides is 1. The van der Waals surface area contributed by atoms with Gasteiger partial charge in [-0.15, -0.1) is 0 Å². The number of hydrogen-bond donors (Lipinski definition) is 0. The lowest BCUT2D eigenvalue weighted by Crippen LogP contribution is -2.38. The summed E-state index contributed by atoms with van der Waals surface area (Å²) in [6.45, 7) is 1.75. The van der Waals surface area contributed by atoms with Crippen molar-refractivity contribution in [2.45, 2.75) is 25.8 Å². The molecule has 0 saturated heterocycles. The number of benzene rings is 1. The molecule has 1 atom stereocenters. The van der Waals surface area contributed by atoms with Gasteiger partial charge in [0.15, 0.2) is 0 Å². The minimum atomic E-state index is -0.355. The van der Waals surface area contributed by atoms with Crippen molar-refractivity contribution in [3.8, 4) is 6.07 Å². The Hall–Kier alpha value is -1.82. The topological polar surface area (TPSA) is 44.1 Å². The van der Waals surface area contributed by atoms with Gasteiger partial charge in [0, 0.05) is 13.0 Å². The predicted molar refractivity (Wildman–Crippen MR) is 65.2 cm³/mol. The number of fused-ring (bicyclic) bond motifs is 1. The summed E-state index contributed by atoms with van der Waals surface area (Å²) in [6, 6.07) is 9.91. The highest BCUT2D eigenvalue weighted by atomic mass is 16.2. The number of nitriles is 1. The molecule has 0 bridgehead atoms. The first-order valence-electron chi connectivity index (χ1n) is 5.86. The maximum Gasteiger partial charge on any atom is 0.227 e. The second-order valence-electron chi connectivity index (χ2n) is 4.63. The molecule has 1 amide bonds. The lowest BCUT2D eigenvalue weighted by Gasteiger charge is -2.22. The molecule has 1 aliphatic carbocycles. The zero-order chi connectivity index (χ0) is 12.4. The summed E-state index contributed by atoms with van der Waals surface area (Å²) >= 11 is 0. The fourth-order valence-corrected chi connectivity index (χ4v) is 2.30. The van der Waals surface area contributed by atoms with E-state index >= 15 is 0 Å². The lowest BCUT2D eigenvalue weighted by molar-refractivity contribution is -0.134. The number of hydrogen-bond acceptors (Lipinski definition) is 2. The van der Waals surface area contributed by atoms with Crippen molar-refractivity contribution in [3.05, 3.63) is 35.4 Å². The first-order valence-corrected chi connectivity index (χ1v) is 5.86. The molecule has 3 heteroatoms. The van der Waals surface area contributed by atoms with Gasteiger partial charge in [-0.1, -0.05) is 24.3 Å². The van der Waals surface area contributed by atoms with Crippen molar-refractivity contribution in [3.63, 3.8) is 0 Å². The van der Waals surface area contributed by atoms with Crippen LogP contribution in [0, 0.1) is 17.2 Å². The summed E-state index contributed by atoms with van der Waals surface area (Å²) in [5, 5.41) is 8.83. The highest BCUT2D eigenvalue weighted by Crippen LogP contribution is 2.27. The van der Waals surface area contributed by atoms with Crippen molar-refractivity contribution < 1.29 is 4.79 Å². The van der Waals surface area contributed by atoms with Crippen LogP contribution in [-0.2, 0) is 17.6 Å². The van der Waals surface area contributed by atoms with E-state index in [9.17, 15) is 4.79 Å². The number of carbonyl (C=O) groups is 1. The first-order chi connectivity index (χ1) is 8.13. The molecular formula is C14H16N2O. The van der Waals surface area contributed by atoms with Gasteiger partial charge in [-0.3, -0.25) is 4.79 Å². The fourth-order valence-electron chi connectivity index (χ4n) is 2.30. The van der Waals surface area contributed by atoms with E-state index < -0.39 is 0 Å². The number of rotatable bonds is 2. The van der Waals surface area contributed by atoms with Gasteiger partial charge < -0.3 is 4.90 Å². The third kappa shape index (κ3) is 2.16. The van der Waals surface area contributed by atoms with Crippen LogP contribution in [0.5, 0.6) is 0 Å². The van der Waals surface area contributed by atoms with Crippen molar-refractivity contribution in [1.29, 1.82) is 5.26 Å². The average Bonchev–Trinajstić information content (AvgIpc) is 2.79. The summed E-state index contributed by atoms with van der Waals surface area (Å²) in [4.78, 5) is 13.7. The molecule has 0 fully saturated rings. The van der Waals surface area contributed by atoms with E-state index in [0.29, 0.717) is 0 Å². The summed E-state index contributed by atoms with van der Waals surface area (Å²) in [6.07, 6.45) is 1.61. The molecule has 0 aliphatic heterocycles. The molecule has 2 rings (SSSR count). The van der Waals surface area contributed by atoms with Crippen molar-refractivity contribution >= 4 is 5.91 Å². The maximum absolute atomic E-state index is 12.2. The molecule has 17 heavy (non-hydrogen) atoms. The van der Waals surface area contributed by atoms with E-state index in [4.69, 9.17) is 5.26 Å². The summed E-state index contributed by atoms with van der Waals surface area (Å²) in [5.41, 5.74) is 2.53. The van der Waals surface area contributed by atoms with E-state index in [1.54, 1.807) is 18.9 Å². The van der Waals surface area contributed by atoms with Gasteiger partial charge in [0.1, 0.15) is 6.04 Å². The molecule has 3 nitrogen and oxygen atoms in total. The smallest absolute Gasteiger partial charge is 0.227 e. The second kappa shape index (κ2) is 4.58. The third-order valence-corrected chi connectivity index (χ3v) is 3.52. The summed E-state index contributed by atoms with van der Waals surface area (Å²) < 4.78 is 0. The van der Waals surface area contributed by atoms with Crippen LogP contribution >= 0.6 is 0 Å². The highest BCUT2D eigenvalue weighted by Gasteiger charge is 2.30. The fraction of sp³-hybridized carbons (Fsp3) is 0.429. The largest absolute Gasteiger partial charge is 0.330 e. The van der Waals surface area contributed by atoms with Crippen LogP contribution in [0.15, 0.2) is 24.3 Å². The minimum absolute atomic E-state index is 0.00759. The van der Waals surface area contributed by atoms with Crippen LogP contribution in [0.1, 0.15) is 18.1 Å². The van der Waals surface area contributed by atoms with Gasteiger partial charge in [0.25, 0.3) is 0 Å². The van der Waals surface area contributed by atoms with Crippen LogP contribution < -0.4 is 0 Å². The molecule has 1 aliphatic rings. The molecule has 1 aromatic rings. The van der Waals surface area contributed by atoms with E-state index in [-0.39, 0.29) is 17.9 Å². The Bertz CT molecular complexity index is 450. The Morgan fingerprint density at radius 2 is 1.94 bits per heavy atom. The van der Waals surface area contributed by atoms with Gasteiger partial charge >= 0.3 is 0 Å². The van der Waals surface area contributed by atoms with Crippen LogP contribution in [0.3, 0.4) is 0 Å². The first kappa shape index (κ1) is 11.7. The Balaban J connectivity index is 2.09. The quantitative estimate of drug-likeness (QED) is 0.774. The van der Waals surface area contributed by atoms with Gasteiger partial charge in [-0.05, 0) is 30.9 Å². The lowest BCUT2D eigenvalue weighted by atomic mass is 10.0. The standard InChI is InChI=1S/C14H16N2O/c1-10(9-15)16(2)14(17)13-7-11-5-3-4-6-12(11)8-13/h3-6,10,13H,7-8H2,1-2H3. The molecule has 0 heterocycles. The number of carbonyl (C=O) groups excluding carboxylic acids is 1. The minimum Gasteiger partial charge on any atom is -0.330 e. The Morgan fingerprint density at radius 3 is 2.41 bits per heavy atom. The van der Waals surface area contributed by atoms with Gasteiger partial charge in [0.05, 0.1) is 6.07 Å². The SMILES string of the molecule is CC(C#N)N(C)C(=O)C1Cc2ccccc2C1. The zero-order valence-corrected chi connectivity index (χ0v) is 10.2. The van der Waals surface area contributed by atoms with E-state index in [1.807, 2.05) is 12.1 Å². The van der Waals surface area contributed by atoms with E-state index in [0.717, 1.165) is 12.8 Å². The number of nitrogens with zero attached hydrogens (tertiary/aromatic N) is 2. The second-order valence-corrected chi connectivity index (χ2v) is 4.63. The van der Waals surface area contributed by atoms with Crippen LogP contribution in [0.25, 0.3) is 0 Å². The molecule has 88 valence electrons. The van der Waals surface area contributed by atoms with Crippen LogP contribution in [0.2, 0.25) is 0 Å². The van der Waals surface area contributed by atoms with E-state index in [2.05, 4.69) is 18.2 Å². The average molecular weight is 228 g/mol. The molecule has 0 saturated carbocycles. The third-order valence-electron chi connectivity index (χ3n) is 3.52. The van der Waals surface area contributed by atoms with Gasteiger partial charge in [-0.2, -0.15) is 5.26 Å². The Kier molecular flexibility index (Phi) is 3.14. The molecule has 1 aromatic carbocycles. The van der Waals surface area contributed by atoms with Crippen molar-refractivity contribution in [1.82, 2.24) is 4.90 Å². The Labute approximate surface area is 102 Å². The molecule has 0 radical (unpaired) electrons. The summed E-state index contributed by atoms with van der Waals surface area (Å²) in [7, 11) is 1.71. The molecule has 1 unspecified atom stereocenters. The van der Waals surface area contributed by atoms with E-state index in [1.165, 1.54) is 11.1 Å². The van der Waals surface area contributed by atoms with Crippen LogP contribution in [0.4, 0.5) is 0 Å². The predicted octanol–water partition coefficient (Wildman–Crippen LogP) is 1.77. The zero-order valence-electron chi connectivity index (χ0n) is 10.2. The Morgan fingerprint density at radius 1 is 1.41 bits per heavy atom. The molecule has 0 spiro atoms. The molecule has 0 N–H and O–H groups in total. The maximum atomic E-state index is 12.2.